The van der Waals surface area contributed by atoms with Crippen molar-refractivity contribution in [2.75, 3.05) is 0 Å². The molecular formula is C60H38. The Morgan fingerprint density at radius 2 is 0.450 bits per heavy atom. The van der Waals surface area contributed by atoms with Crippen LogP contribution in [0.3, 0.4) is 0 Å². The Morgan fingerprint density at radius 3 is 0.850 bits per heavy atom. The standard InChI is InChI=1S/C60H38/c1-3-17-41(18-4-1)57-49-23-11-13-25-51(49)59(47-29-27-39-15-7-9-21-43(39)35-47)55-37-45(31-33-53(55)57)46-32-34-54-56(38-46)60(48-30-28-40-16-8-10-22-44(40)36-48)52-26-14-12-24-50(52)58(54)42-19-5-2-6-20-42/h1-38H. The first kappa shape index (κ1) is 34.3. The molecule has 0 aliphatic heterocycles. The molecule has 0 radical (unpaired) electrons. The molecule has 0 fully saturated rings. The van der Waals surface area contributed by atoms with E-state index in [0.29, 0.717) is 0 Å². The minimum atomic E-state index is 1.19. The van der Waals surface area contributed by atoms with Gasteiger partial charge < -0.3 is 0 Å². The van der Waals surface area contributed by atoms with Crippen molar-refractivity contribution in [2.45, 2.75) is 0 Å². The van der Waals surface area contributed by atoms with Gasteiger partial charge >= 0.3 is 0 Å². The number of benzene rings is 12. The Bertz CT molecular complexity index is 3390. The number of fused-ring (bicyclic) bond motifs is 6. The van der Waals surface area contributed by atoms with Crippen molar-refractivity contribution in [1.82, 2.24) is 0 Å². The molecule has 0 atom stereocenters. The summed E-state index contributed by atoms with van der Waals surface area (Å²) in [7, 11) is 0. The van der Waals surface area contributed by atoms with Gasteiger partial charge in [-0.05, 0) is 145 Å². The molecule has 0 amide bonds. The third kappa shape index (κ3) is 5.53. The minimum absolute atomic E-state index is 1.19. The van der Waals surface area contributed by atoms with Gasteiger partial charge in [0.2, 0.25) is 0 Å². The monoisotopic (exact) mass is 758 g/mol. The summed E-state index contributed by atoms with van der Waals surface area (Å²) in [5, 5.41) is 15.0. The lowest BCUT2D eigenvalue weighted by Crippen LogP contribution is -1.93. The average Bonchev–Trinajstić information content (AvgIpc) is 3.32. The summed E-state index contributed by atoms with van der Waals surface area (Å²) >= 11 is 0. The molecule has 0 N–H and O–H groups in total. The summed E-state index contributed by atoms with van der Waals surface area (Å²) in [4.78, 5) is 0. The topological polar surface area (TPSA) is 0 Å². The summed E-state index contributed by atoms with van der Waals surface area (Å²) in [5.74, 6) is 0. The minimum Gasteiger partial charge on any atom is -0.0622 e. The third-order valence-corrected chi connectivity index (χ3v) is 12.6. The maximum absolute atomic E-state index is 2.45. The van der Waals surface area contributed by atoms with E-state index >= 15 is 0 Å². The first-order valence-corrected chi connectivity index (χ1v) is 20.8. The van der Waals surface area contributed by atoms with Crippen LogP contribution in [-0.2, 0) is 0 Å². The molecule has 0 aliphatic rings. The van der Waals surface area contributed by atoms with Gasteiger partial charge in [0.25, 0.3) is 0 Å². The molecule has 0 saturated heterocycles. The van der Waals surface area contributed by atoms with Gasteiger partial charge in [0.1, 0.15) is 0 Å². The highest BCUT2D eigenvalue weighted by molar-refractivity contribution is 6.24. The van der Waals surface area contributed by atoms with Crippen molar-refractivity contribution in [3.05, 3.63) is 231 Å². The highest BCUT2D eigenvalue weighted by Gasteiger charge is 2.20. The van der Waals surface area contributed by atoms with Gasteiger partial charge in [0, 0.05) is 0 Å². The maximum atomic E-state index is 2.45. The lowest BCUT2D eigenvalue weighted by Gasteiger charge is -2.20. The fraction of sp³-hybridized carbons (Fsp3) is 0. The summed E-state index contributed by atoms with van der Waals surface area (Å²) in [6.45, 7) is 0. The van der Waals surface area contributed by atoms with Crippen LogP contribution in [0.15, 0.2) is 231 Å². The van der Waals surface area contributed by atoms with Gasteiger partial charge in [-0.15, -0.1) is 0 Å². The second-order valence-corrected chi connectivity index (χ2v) is 16.0. The lowest BCUT2D eigenvalue weighted by atomic mass is 9.83. The first-order chi connectivity index (χ1) is 29.8. The third-order valence-electron chi connectivity index (χ3n) is 12.6. The zero-order valence-corrected chi connectivity index (χ0v) is 32.9. The smallest absolute Gasteiger partial charge is 0.00259 e. The van der Waals surface area contributed by atoms with E-state index in [1.807, 2.05) is 0 Å². The van der Waals surface area contributed by atoms with Gasteiger partial charge in [-0.1, -0.05) is 206 Å². The van der Waals surface area contributed by atoms with E-state index in [2.05, 4.69) is 231 Å². The van der Waals surface area contributed by atoms with Gasteiger partial charge in [-0.25, -0.2) is 0 Å². The van der Waals surface area contributed by atoms with Crippen molar-refractivity contribution in [1.29, 1.82) is 0 Å². The molecule has 12 aromatic rings. The van der Waals surface area contributed by atoms with Gasteiger partial charge in [-0.2, -0.15) is 0 Å². The van der Waals surface area contributed by atoms with Crippen LogP contribution in [0, 0.1) is 0 Å². The molecule has 0 spiro atoms. The SMILES string of the molecule is c1ccc(-c2c3ccccc3c(-c3ccc4ccccc4c3)c3cc(-c4ccc5c(-c6ccccc6)c6ccccc6c(-c6ccc7ccccc7c6)c5c4)ccc23)cc1. The molecule has 0 aliphatic carbocycles. The summed E-state index contributed by atoms with van der Waals surface area (Å²) in [5.41, 5.74) is 12.4. The summed E-state index contributed by atoms with van der Waals surface area (Å²) in [6, 6.07) is 85.3. The van der Waals surface area contributed by atoms with Crippen molar-refractivity contribution in [3.8, 4) is 55.6 Å². The lowest BCUT2D eigenvalue weighted by molar-refractivity contribution is 1.64. The van der Waals surface area contributed by atoms with Gasteiger partial charge in [0.15, 0.2) is 0 Å². The Labute approximate surface area is 349 Å². The molecule has 0 unspecified atom stereocenters. The van der Waals surface area contributed by atoms with Crippen molar-refractivity contribution in [3.63, 3.8) is 0 Å². The Hall–Kier alpha value is -7.80. The van der Waals surface area contributed by atoms with Crippen LogP contribution >= 0.6 is 0 Å². The molecule has 0 heterocycles. The molecular weight excluding hydrogens is 721 g/mol. The Balaban J connectivity index is 1.17. The van der Waals surface area contributed by atoms with E-state index in [1.165, 1.54) is 120 Å². The largest absolute Gasteiger partial charge is 0.0622 e. The molecule has 0 nitrogen and oxygen atoms in total. The molecule has 0 bridgehead atoms. The fourth-order valence-corrected chi connectivity index (χ4v) is 9.86. The predicted octanol–water partition coefficient (Wildman–Crippen LogP) is 16.9. The van der Waals surface area contributed by atoms with Gasteiger partial charge in [0.05, 0.1) is 0 Å². The average molecular weight is 759 g/mol. The van der Waals surface area contributed by atoms with Crippen LogP contribution < -0.4 is 0 Å². The van der Waals surface area contributed by atoms with Gasteiger partial charge in [-0.3, -0.25) is 0 Å². The van der Waals surface area contributed by atoms with E-state index in [4.69, 9.17) is 0 Å². The second kappa shape index (κ2) is 13.9. The van der Waals surface area contributed by atoms with E-state index in [-0.39, 0.29) is 0 Å². The predicted molar refractivity (Wildman–Crippen MR) is 259 cm³/mol. The van der Waals surface area contributed by atoms with E-state index in [1.54, 1.807) is 0 Å². The van der Waals surface area contributed by atoms with Crippen LogP contribution in [0.25, 0.3) is 120 Å². The number of hydrogen-bond donors (Lipinski definition) is 0. The quantitative estimate of drug-likeness (QED) is 0.153. The molecule has 0 heteroatoms. The molecule has 12 rings (SSSR count). The molecule has 12 aromatic carbocycles. The maximum Gasteiger partial charge on any atom is -0.00259 e. The van der Waals surface area contributed by atoms with Crippen LogP contribution in [0.2, 0.25) is 0 Å². The normalized spacial score (nSPS) is 11.7. The highest BCUT2D eigenvalue weighted by atomic mass is 14.2. The first-order valence-electron chi connectivity index (χ1n) is 20.8. The zero-order chi connectivity index (χ0) is 39.6. The molecule has 0 saturated carbocycles. The Morgan fingerprint density at radius 1 is 0.150 bits per heavy atom. The van der Waals surface area contributed by atoms with Crippen molar-refractivity contribution in [2.24, 2.45) is 0 Å². The summed E-state index contributed by atoms with van der Waals surface area (Å²) in [6.07, 6.45) is 0. The van der Waals surface area contributed by atoms with Crippen molar-refractivity contribution >= 4 is 64.6 Å². The molecule has 278 valence electrons. The van der Waals surface area contributed by atoms with Crippen LogP contribution in [0.1, 0.15) is 0 Å². The number of hydrogen-bond acceptors (Lipinski definition) is 0. The highest BCUT2D eigenvalue weighted by Crippen LogP contribution is 2.48. The number of rotatable bonds is 5. The van der Waals surface area contributed by atoms with E-state index in [9.17, 15) is 0 Å². The van der Waals surface area contributed by atoms with Crippen LogP contribution in [-0.4, -0.2) is 0 Å². The van der Waals surface area contributed by atoms with E-state index in [0.717, 1.165) is 0 Å². The van der Waals surface area contributed by atoms with Crippen LogP contribution in [0.5, 0.6) is 0 Å². The fourth-order valence-electron chi connectivity index (χ4n) is 9.86. The van der Waals surface area contributed by atoms with Crippen molar-refractivity contribution < 1.29 is 0 Å². The second-order valence-electron chi connectivity index (χ2n) is 16.0. The zero-order valence-electron chi connectivity index (χ0n) is 32.9. The van der Waals surface area contributed by atoms with E-state index < -0.39 is 0 Å². The molecule has 60 heavy (non-hydrogen) atoms. The molecule has 0 aromatic heterocycles. The van der Waals surface area contributed by atoms with Crippen LogP contribution in [0.4, 0.5) is 0 Å². The summed E-state index contributed by atoms with van der Waals surface area (Å²) < 4.78 is 0. The Kier molecular flexibility index (Phi) is 7.96.